The molecule has 0 aromatic carbocycles. The Morgan fingerprint density at radius 1 is 1.82 bits per heavy atom. The summed E-state index contributed by atoms with van der Waals surface area (Å²) in [5, 5.41) is 3.00. The second kappa shape index (κ2) is 3.51. The lowest BCUT2D eigenvalue weighted by atomic mass is 10.1. The third-order valence-corrected chi connectivity index (χ3v) is 1.74. The van der Waals surface area contributed by atoms with Gasteiger partial charge in [-0.15, -0.1) is 6.42 Å². The number of ether oxygens (including phenoxy) is 1. The van der Waals surface area contributed by atoms with Crippen molar-refractivity contribution in [1.29, 1.82) is 0 Å². The second-order valence-electron chi connectivity index (χ2n) is 2.52. The van der Waals surface area contributed by atoms with Gasteiger partial charge in [-0.1, -0.05) is 0 Å². The quantitative estimate of drug-likeness (QED) is 0.410. The molecule has 2 atom stereocenters. The maximum atomic E-state index is 11.0. The first kappa shape index (κ1) is 8.25. The van der Waals surface area contributed by atoms with E-state index in [0.29, 0.717) is 13.2 Å². The molecule has 60 valence electrons. The van der Waals surface area contributed by atoms with Crippen LogP contribution in [0.2, 0.25) is 0 Å². The molecule has 1 heterocycles. The Balaban J connectivity index is 2.56. The van der Waals surface area contributed by atoms with Crippen molar-refractivity contribution in [3.05, 3.63) is 0 Å². The van der Waals surface area contributed by atoms with Crippen LogP contribution in [0.3, 0.4) is 0 Å². The molecular formula is C8H11NO2. The molecule has 1 aliphatic heterocycles. The number of terminal acetylenes is 1. The van der Waals surface area contributed by atoms with Crippen molar-refractivity contribution in [3.8, 4) is 12.3 Å². The van der Waals surface area contributed by atoms with Crippen LogP contribution in [0, 0.1) is 12.3 Å². The number of morpholine rings is 1. The first-order valence-electron chi connectivity index (χ1n) is 3.61. The zero-order valence-corrected chi connectivity index (χ0v) is 6.46. The molecule has 2 unspecified atom stereocenters. The fraction of sp³-hybridized carbons (Fsp3) is 0.625. The van der Waals surface area contributed by atoms with E-state index in [2.05, 4.69) is 11.2 Å². The molecule has 11 heavy (non-hydrogen) atoms. The molecular weight excluding hydrogens is 142 g/mol. The van der Waals surface area contributed by atoms with Gasteiger partial charge in [-0.3, -0.25) is 4.79 Å². The van der Waals surface area contributed by atoms with Gasteiger partial charge in [0, 0.05) is 6.54 Å². The Morgan fingerprint density at radius 3 is 3.09 bits per heavy atom. The maximum absolute atomic E-state index is 11.0. The molecule has 1 fully saturated rings. The molecule has 0 aromatic rings. The first-order valence-corrected chi connectivity index (χ1v) is 3.61. The van der Waals surface area contributed by atoms with Crippen LogP contribution in [-0.2, 0) is 9.53 Å². The van der Waals surface area contributed by atoms with Crippen molar-refractivity contribution in [2.24, 2.45) is 0 Å². The summed E-state index contributed by atoms with van der Waals surface area (Å²) < 4.78 is 5.23. The molecule has 0 bridgehead atoms. The molecule has 3 nitrogen and oxygen atoms in total. The van der Waals surface area contributed by atoms with Gasteiger partial charge >= 0.3 is 0 Å². The van der Waals surface area contributed by atoms with Crippen LogP contribution < -0.4 is 5.32 Å². The van der Waals surface area contributed by atoms with E-state index in [9.17, 15) is 4.79 Å². The highest BCUT2D eigenvalue weighted by Gasteiger charge is 2.26. The Kier molecular flexibility index (Phi) is 2.64. The summed E-state index contributed by atoms with van der Waals surface area (Å²) in [4.78, 5) is 11.0. The molecule has 1 rings (SSSR count). The molecule has 0 amide bonds. The second-order valence-corrected chi connectivity index (χ2v) is 2.52. The Hall–Kier alpha value is -0.850. The maximum Gasteiger partial charge on any atom is 0.224 e. The van der Waals surface area contributed by atoms with Gasteiger partial charge in [-0.25, -0.2) is 0 Å². The highest BCUT2D eigenvalue weighted by Crippen LogP contribution is 2.03. The van der Waals surface area contributed by atoms with E-state index in [-0.39, 0.29) is 17.9 Å². The zero-order valence-electron chi connectivity index (χ0n) is 6.46. The van der Waals surface area contributed by atoms with E-state index in [1.807, 2.05) is 6.92 Å². The zero-order chi connectivity index (χ0) is 8.27. The lowest BCUT2D eigenvalue weighted by Gasteiger charge is -2.27. The number of carbonyl (C=O) groups excluding carboxylic acids is 1. The van der Waals surface area contributed by atoms with Crippen LogP contribution in [0.1, 0.15) is 6.92 Å². The molecule has 1 aliphatic rings. The van der Waals surface area contributed by atoms with Gasteiger partial charge in [0.25, 0.3) is 0 Å². The fourth-order valence-corrected chi connectivity index (χ4v) is 1.12. The summed E-state index contributed by atoms with van der Waals surface area (Å²) in [6, 6.07) is -0.311. The van der Waals surface area contributed by atoms with Crippen LogP contribution in [0.5, 0.6) is 0 Å². The van der Waals surface area contributed by atoms with Crippen molar-refractivity contribution in [2.45, 2.75) is 19.1 Å². The van der Waals surface area contributed by atoms with Crippen LogP contribution in [0.15, 0.2) is 0 Å². The van der Waals surface area contributed by atoms with E-state index in [0.717, 1.165) is 0 Å². The monoisotopic (exact) mass is 153 g/mol. The van der Waals surface area contributed by atoms with Crippen LogP contribution in [0.25, 0.3) is 0 Å². The molecule has 0 saturated carbocycles. The summed E-state index contributed by atoms with van der Waals surface area (Å²) >= 11 is 0. The SMILES string of the molecule is C#CC(=O)C1NCCOC1C. The van der Waals surface area contributed by atoms with E-state index < -0.39 is 0 Å². The van der Waals surface area contributed by atoms with Crippen molar-refractivity contribution in [3.63, 3.8) is 0 Å². The average molecular weight is 153 g/mol. The minimum absolute atomic E-state index is 0.104. The smallest absolute Gasteiger partial charge is 0.224 e. The fourth-order valence-electron chi connectivity index (χ4n) is 1.12. The lowest BCUT2D eigenvalue weighted by molar-refractivity contribution is -0.121. The van der Waals surface area contributed by atoms with Crippen molar-refractivity contribution >= 4 is 5.78 Å². The summed E-state index contributed by atoms with van der Waals surface area (Å²) in [5.41, 5.74) is 0. The summed E-state index contributed by atoms with van der Waals surface area (Å²) in [6.07, 6.45) is 4.87. The molecule has 0 aliphatic carbocycles. The average Bonchev–Trinajstić information content (AvgIpc) is 2.04. The Labute approximate surface area is 66.1 Å². The summed E-state index contributed by atoms with van der Waals surface area (Å²) in [5.74, 6) is 1.86. The summed E-state index contributed by atoms with van der Waals surface area (Å²) in [7, 11) is 0. The van der Waals surface area contributed by atoms with Gasteiger partial charge in [0.15, 0.2) is 0 Å². The molecule has 0 aromatic heterocycles. The van der Waals surface area contributed by atoms with Crippen molar-refractivity contribution in [2.75, 3.05) is 13.2 Å². The largest absolute Gasteiger partial charge is 0.375 e. The van der Waals surface area contributed by atoms with Gasteiger partial charge in [-0.2, -0.15) is 0 Å². The standard InChI is InChI=1S/C8H11NO2/c1-3-7(10)8-6(2)11-5-4-9-8/h1,6,8-9H,4-5H2,2H3. The minimum Gasteiger partial charge on any atom is -0.375 e. The van der Waals surface area contributed by atoms with Crippen molar-refractivity contribution in [1.82, 2.24) is 5.32 Å². The number of nitrogens with one attached hydrogen (secondary N) is 1. The van der Waals surface area contributed by atoms with E-state index in [4.69, 9.17) is 11.2 Å². The third kappa shape index (κ3) is 1.79. The highest BCUT2D eigenvalue weighted by molar-refractivity contribution is 5.99. The van der Waals surface area contributed by atoms with Crippen LogP contribution >= 0.6 is 0 Å². The van der Waals surface area contributed by atoms with Gasteiger partial charge in [-0.05, 0) is 12.8 Å². The number of rotatable bonds is 1. The molecule has 1 saturated heterocycles. The lowest BCUT2D eigenvalue weighted by Crippen LogP contribution is -2.51. The van der Waals surface area contributed by atoms with Crippen molar-refractivity contribution < 1.29 is 9.53 Å². The normalized spacial score (nSPS) is 30.9. The number of carbonyl (C=O) groups is 1. The number of ketones is 1. The molecule has 1 N–H and O–H groups in total. The topological polar surface area (TPSA) is 38.3 Å². The molecule has 0 radical (unpaired) electrons. The van der Waals surface area contributed by atoms with Crippen LogP contribution in [-0.4, -0.2) is 31.1 Å². The Morgan fingerprint density at radius 2 is 2.55 bits per heavy atom. The first-order chi connectivity index (χ1) is 5.25. The minimum atomic E-state index is -0.311. The van der Waals surface area contributed by atoms with E-state index in [1.165, 1.54) is 0 Å². The van der Waals surface area contributed by atoms with Gasteiger partial charge < -0.3 is 10.1 Å². The van der Waals surface area contributed by atoms with Crippen LogP contribution in [0.4, 0.5) is 0 Å². The number of hydrogen-bond donors (Lipinski definition) is 1. The highest BCUT2D eigenvalue weighted by atomic mass is 16.5. The summed E-state index contributed by atoms with van der Waals surface area (Å²) in [6.45, 7) is 3.18. The predicted molar refractivity (Wildman–Crippen MR) is 41.0 cm³/mol. The predicted octanol–water partition coefficient (Wildman–Crippen LogP) is -0.434. The van der Waals surface area contributed by atoms with E-state index >= 15 is 0 Å². The van der Waals surface area contributed by atoms with Gasteiger partial charge in [0.1, 0.15) is 6.04 Å². The molecule has 0 spiro atoms. The van der Waals surface area contributed by atoms with Gasteiger partial charge in [0.2, 0.25) is 5.78 Å². The number of hydrogen-bond acceptors (Lipinski definition) is 3. The van der Waals surface area contributed by atoms with E-state index in [1.54, 1.807) is 0 Å². The molecule has 3 heteroatoms. The Bertz CT molecular complexity index is 195. The van der Waals surface area contributed by atoms with Gasteiger partial charge in [0.05, 0.1) is 12.7 Å². The third-order valence-electron chi connectivity index (χ3n) is 1.74. The number of Topliss-reactive ketones (excluding diaryl/α,β-unsaturated/α-hetero) is 1.